The van der Waals surface area contributed by atoms with E-state index in [9.17, 15) is 9.59 Å². The molecule has 0 bridgehead atoms. The molecule has 0 radical (unpaired) electrons. The molecule has 1 heterocycles. The molecule has 4 nitrogen and oxygen atoms in total. The fraction of sp³-hybridized carbons (Fsp3) is 0.429. The van der Waals surface area contributed by atoms with Gasteiger partial charge in [-0.15, -0.1) is 0 Å². The molecule has 0 saturated heterocycles. The smallest absolute Gasteiger partial charge is 0.230 e. The van der Waals surface area contributed by atoms with Crippen LogP contribution < -0.4 is 5.32 Å². The third-order valence-corrected chi connectivity index (χ3v) is 3.37. The number of benzene rings is 1. The summed E-state index contributed by atoms with van der Waals surface area (Å²) in [6.45, 7) is 5.26. The van der Waals surface area contributed by atoms with Crippen molar-refractivity contribution in [3.05, 3.63) is 29.8 Å². The maximum absolute atomic E-state index is 12.4. The van der Waals surface area contributed by atoms with Crippen molar-refractivity contribution >= 4 is 17.5 Å². The molecule has 1 aromatic rings. The van der Waals surface area contributed by atoms with Crippen molar-refractivity contribution in [3.63, 3.8) is 0 Å². The van der Waals surface area contributed by atoms with Crippen molar-refractivity contribution in [2.75, 3.05) is 18.4 Å². The molecular weight excluding hydrogens is 228 g/mol. The van der Waals surface area contributed by atoms with Crippen LogP contribution in [0.25, 0.3) is 0 Å². The Balaban J connectivity index is 2.34. The predicted octanol–water partition coefficient (Wildman–Crippen LogP) is 1.98. The van der Waals surface area contributed by atoms with Crippen LogP contribution in [0.4, 0.5) is 5.69 Å². The minimum atomic E-state index is -0.338. The SMILES string of the molecule is CCN(CC)C(=O)C1CC(=O)Nc2ccccc21. The first-order chi connectivity index (χ1) is 8.67. The first kappa shape index (κ1) is 12.6. The number of fused-ring (bicyclic) bond motifs is 1. The highest BCUT2D eigenvalue weighted by Crippen LogP contribution is 2.33. The second-order valence-electron chi connectivity index (χ2n) is 4.40. The molecule has 4 heteroatoms. The number of para-hydroxylation sites is 1. The second-order valence-corrected chi connectivity index (χ2v) is 4.40. The first-order valence-electron chi connectivity index (χ1n) is 6.35. The molecule has 2 rings (SSSR count). The standard InChI is InChI=1S/C14H18N2O2/c1-3-16(4-2)14(18)11-9-13(17)15-12-8-6-5-7-10(11)12/h5-8,11H,3-4,9H2,1-2H3,(H,15,17). The Bertz CT molecular complexity index is 467. The molecular formula is C14H18N2O2. The number of likely N-dealkylation sites (N-methyl/N-ethyl adjacent to an activating group) is 1. The second kappa shape index (κ2) is 5.21. The highest BCUT2D eigenvalue weighted by atomic mass is 16.2. The van der Waals surface area contributed by atoms with E-state index in [1.807, 2.05) is 38.1 Å². The van der Waals surface area contributed by atoms with Gasteiger partial charge in [0, 0.05) is 25.2 Å². The lowest BCUT2D eigenvalue weighted by molar-refractivity contribution is -0.134. The van der Waals surface area contributed by atoms with Crippen molar-refractivity contribution in [3.8, 4) is 0 Å². The zero-order valence-electron chi connectivity index (χ0n) is 10.8. The monoisotopic (exact) mass is 246 g/mol. The van der Waals surface area contributed by atoms with Gasteiger partial charge in [0.15, 0.2) is 0 Å². The lowest BCUT2D eigenvalue weighted by atomic mass is 9.89. The number of rotatable bonds is 3. The number of amides is 2. The Morgan fingerprint density at radius 2 is 2.00 bits per heavy atom. The highest BCUT2D eigenvalue weighted by Gasteiger charge is 2.32. The van der Waals surface area contributed by atoms with Gasteiger partial charge in [-0.1, -0.05) is 18.2 Å². The van der Waals surface area contributed by atoms with Gasteiger partial charge in [0.05, 0.1) is 5.92 Å². The van der Waals surface area contributed by atoms with Crippen molar-refractivity contribution in [2.24, 2.45) is 0 Å². The normalized spacial score (nSPS) is 17.9. The Morgan fingerprint density at radius 1 is 1.33 bits per heavy atom. The molecule has 1 N–H and O–H groups in total. The van der Waals surface area contributed by atoms with Crippen LogP contribution in [0.5, 0.6) is 0 Å². The molecule has 1 aliphatic heterocycles. The van der Waals surface area contributed by atoms with Crippen LogP contribution in [0.3, 0.4) is 0 Å². The van der Waals surface area contributed by atoms with E-state index in [2.05, 4.69) is 5.32 Å². The van der Waals surface area contributed by atoms with Crippen LogP contribution >= 0.6 is 0 Å². The molecule has 1 unspecified atom stereocenters. The number of carbonyl (C=O) groups is 2. The molecule has 0 saturated carbocycles. The van der Waals surface area contributed by atoms with Crippen molar-refractivity contribution in [2.45, 2.75) is 26.2 Å². The van der Waals surface area contributed by atoms with Crippen molar-refractivity contribution in [1.29, 1.82) is 0 Å². The van der Waals surface area contributed by atoms with Gasteiger partial charge in [-0.25, -0.2) is 0 Å². The average molecular weight is 246 g/mol. The molecule has 18 heavy (non-hydrogen) atoms. The van der Waals surface area contributed by atoms with E-state index in [4.69, 9.17) is 0 Å². The van der Waals surface area contributed by atoms with E-state index in [1.165, 1.54) is 0 Å². The summed E-state index contributed by atoms with van der Waals surface area (Å²) < 4.78 is 0. The number of hydrogen-bond donors (Lipinski definition) is 1. The molecule has 0 aromatic heterocycles. The largest absolute Gasteiger partial charge is 0.343 e. The number of nitrogens with one attached hydrogen (secondary N) is 1. The van der Waals surface area contributed by atoms with Crippen LogP contribution in [0, 0.1) is 0 Å². The summed E-state index contributed by atoms with van der Waals surface area (Å²) in [6.07, 6.45) is 0.242. The lowest BCUT2D eigenvalue weighted by Crippen LogP contribution is -2.38. The third kappa shape index (κ3) is 2.23. The fourth-order valence-corrected chi connectivity index (χ4v) is 2.39. The van der Waals surface area contributed by atoms with E-state index < -0.39 is 0 Å². The Morgan fingerprint density at radius 3 is 2.67 bits per heavy atom. The van der Waals surface area contributed by atoms with Gasteiger partial charge >= 0.3 is 0 Å². The molecule has 0 aliphatic carbocycles. The number of anilines is 1. The van der Waals surface area contributed by atoms with Crippen molar-refractivity contribution < 1.29 is 9.59 Å². The average Bonchev–Trinajstić information content (AvgIpc) is 2.39. The molecule has 1 aliphatic rings. The van der Waals surface area contributed by atoms with Crippen LogP contribution in [0.15, 0.2) is 24.3 Å². The van der Waals surface area contributed by atoms with Gasteiger partial charge in [-0.3, -0.25) is 9.59 Å². The first-order valence-corrected chi connectivity index (χ1v) is 6.35. The summed E-state index contributed by atoms with van der Waals surface area (Å²) in [5.41, 5.74) is 1.69. The fourth-order valence-electron chi connectivity index (χ4n) is 2.39. The Labute approximate surface area is 107 Å². The molecule has 1 atom stereocenters. The number of nitrogens with zero attached hydrogens (tertiary/aromatic N) is 1. The summed E-state index contributed by atoms with van der Waals surface area (Å²) in [5.74, 6) is -0.378. The van der Waals surface area contributed by atoms with E-state index >= 15 is 0 Å². The summed E-state index contributed by atoms with van der Waals surface area (Å²) in [4.78, 5) is 25.9. The van der Waals surface area contributed by atoms with Crippen molar-refractivity contribution in [1.82, 2.24) is 4.90 Å². The summed E-state index contributed by atoms with van der Waals surface area (Å²) in [5, 5.41) is 2.81. The molecule has 0 spiro atoms. The zero-order chi connectivity index (χ0) is 13.1. The van der Waals surface area contributed by atoms with E-state index in [0.717, 1.165) is 11.3 Å². The van der Waals surface area contributed by atoms with Crippen LogP contribution in [0.1, 0.15) is 31.7 Å². The van der Waals surface area contributed by atoms with E-state index in [-0.39, 0.29) is 24.2 Å². The molecule has 2 amide bonds. The predicted molar refractivity (Wildman–Crippen MR) is 70.4 cm³/mol. The molecule has 1 aromatic carbocycles. The maximum atomic E-state index is 12.4. The minimum Gasteiger partial charge on any atom is -0.343 e. The summed E-state index contributed by atoms with van der Waals surface area (Å²) in [7, 11) is 0. The van der Waals surface area contributed by atoms with Gasteiger partial charge < -0.3 is 10.2 Å². The van der Waals surface area contributed by atoms with Gasteiger partial charge in [0.1, 0.15) is 0 Å². The third-order valence-electron chi connectivity index (χ3n) is 3.37. The zero-order valence-corrected chi connectivity index (χ0v) is 10.8. The quantitative estimate of drug-likeness (QED) is 0.886. The van der Waals surface area contributed by atoms with Gasteiger partial charge in [0.25, 0.3) is 0 Å². The summed E-state index contributed by atoms with van der Waals surface area (Å²) in [6, 6.07) is 7.53. The van der Waals surface area contributed by atoms with Gasteiger partial charge in [0.2, 0.25) is 11.8 Å². The minimum absolute atomic E-state index is 0.0438. The lowest BCUT2D eigenvalue weighted by Gasteiger charge is -2.29. The van der Waals surface area contributed by atoms with Gasteiger partial charge in [-0.2, -0.15) is 0 Å². The van der Waals surface area contributed by atoms with E-state index in [0.29, 0.717) is 13.1 Å². The Kier molecular flexibility index (Phi) is 3.65. The van der Waals surface area contributed by atoms with Crippen LogP contribution in [0.2, 0.25) is 0 Å². The van der Waals surface area contributed by atoms with Gasteiger partial charge in [-0.05, 0) is 25.5 Å². The Hall–Kier alpha value is -1.84. The van der Waals surface area contributed by atoms with E-state index in [1.54, 1.807) is 4.90 Å². The maximum Gasteiger partial charge on any atom is 0.230 e. The number of carbonyl (C=O) groups excluding carboxylic acids is 2. The molecule has 96 valence electrons. The molecule has 0 fully saturated rings. The number of hydrogen-bond acceptors (Lipinski definition) is 2. The highest BCUT2D eigenvalue weighted by molar-refractivity contribution is 6.01. The van der Waals surface area contributed by atoms with Crippen LogP contribution in [-0.4, -0.2) is 29.8 Å². The van der Waals surface area contributed by atoms with Crippen LogP contribution in [-0.2, 0) is 9.59 Å². The summed E-state index contributed by atoms with van der Waals surface area (Å²) >= 11 is 0. The topological polar surface area (TPSA) is 49.4 Å².